The van der Waals surface area contributed by atoms with E-state index in [0.717, 1.165) is 6.42 Å². The Labute approximate surface area is 202 Å². The number of fused-ring (bicyclic) bond motifs is 3. The number of amides is 3. The third-order valence-corrected chi connectivity index (χ3v) is 6.26. The van der Waals surface area contributed by atoms with Crippen LogP contribution in [0.5, 0.6) is 5.75 Å². The summed E-state index contributed by atoms with van der Waals surface area (Å²) in [5, 5.41) is 27.5. The first-order valence-electron chi connectivity index (χ1n) is 10.0. The number of carbonyl (C=O) groups excluding carboxylic acids is 3. The molecule has 3 amide bonds. The van der Waals surface area contributed by atoms with Crippen LogP contribution in [0.4, 0.5) is 10.5 Å². The SMILES string of the molecule is COc1ccc(NC(=O)N[C@H]2CCC[C@H]3C2=C(C(=O)[O-])N2C(=O)[C@H](C(C)O)[C@@H]32)cc1.[Na+]. The summed E-state index contributed by atoms with van der Waals surface area (Å²) < 4.78 is 5.09. The van der Waals surface area contributed by atoms with E-state index in [-0.39, 0.29) is 41.2 Å². The molecule has 4 rings (SSSR count). The Kier molecular flexibility index (Phi) is 7.00. The van der Waals surface area contributed by atoms with E-state index in [0.29, 0.717) is 29.9 Å². The van der Waals surface area contributed by atoms with Crippen LogP contribution in [0.25, 0.3) is 0 Å². The summed E-state index contributed by atoms with van der Waals surface area (Å²) in [4.78, 5) is 38.2. The number of β-lactam (4-membered cyclic amide) rings is 1. The monoisotopic (exact) mass is 437 g/mol. The number of carbonyl (C=O) groups is 3. The third-order valence-electron chi connectivity index (χ3n) is 6.26. The molecule has 3 aliphatic rings. The van der Waals surface area contributed by atoms with Crippen LogP contribution in [0.3, 0.4) is 0 Å². The summed E-state index contributed by atoms with van der Waals surface area (Å²) in [5.74, 6) is -2.02. The molecule has 160 valence electrons. The Bertz CT molecular complexity index is 916. The Balaban J connectivity index is 0.00000272. The number of hydrogen-bond donors (Lipinski definition) is 3. The van der Waals surface area contributed by atoms with Crippen LogP contribution in [0.2, 0.25) is 0 Å². The maximum atomic E-state index is 12.6. The number of benzene rings is 1. The molecule has 0 spiro atoms. The van der Waals surface area contributed by atoms with Crippen molar-refractivity contribution in [2.24, 2.45) is 11.8 Å². The number of carboxylic acids is 1. The first-order valence-corrected chi connectivity index (χ1v) is 10.0. The summed E-state index contributed by atoms with van der Waals surface area (Å²) in [7, 11) is 1.55. The Morgan fingerprint density at radius 3 is 2.52 bits per heavy atom. The van der Waals surface area contributed by atoms with Crippen LogP contribution in [-0.2, 0) is 9.59 Å². The van der Waals surface area contributed by atoms with E-state index in [1.165, 1.54) is 11.8 Å². The Morgan fingerprint density at radius 1 is 1.26 bits per heavy atom. The zero-order chi connectivity index (χ0) is 21.6. The molecule has 5 atom stereocenters. The van der Waals surface area contributed by atoms with E-state index in [1.807, 2.05) is 0 Å². The molecule has 0 radical (unpaired) electrons. The number of hydrogen-bond acceptors (Lipinski definition) is 6. The molecule has 1 aromatic rings. The second-order valence-corrected chi connectivity index (χ2v) is 7.97. The van der Waals surface area contributed by atoms with Crippen LogP contribution in [0, 0.1) is 11.8 Å². The minimum absolute atomic E-state index is 0. The van der Waals surface area contributed by atoms with E-state index >= 15 is 0 Å². The van der Waals surface area contributed by atoms with Gasteiger partial charge in [0.2, 0.25) is 5.91 Å². The summed E-state index contributed by atoms with van der Waals surface area (Å²) in [6.45, 7) is 1.54. The van der Waals surface area contributed by atoms with Crippen molar-refractivity contribution in [2.75, 3.05) is 12.4 Å². The van der Waals surface area contributed by atoms with Crippen molar-refractivity contribution in [1.29, 1.82) is 0 Å². The summed E-state index contributed by atoms with van der Waals surface area (Å²) in [6.07, 6.45) is 1.16. The van der Waals surface area contributed by atoms with Crippen molar-refractivity contribution in [1.82, 2.24) is 10.2 Å². The van der Waals surface area contributed by atoms with Gasteiger partial charge in [0.15, 0.2) is 0 Å². The number of aliphatic hydroxyl groups is 1. The molecule has 1 aromatic carbocycles. The number of ether oxygens (including phenoxy) is 1. The molecule has 31 heavy (non-hydrogen) atoms. The topological polar surface area (TPSA) is 131 Å². The first kappa shape index (κ1) is 23.6. The van der Waals surface area contributed by atoms with Gasteiger partial charge in [-0.2, -0.15) is 0 Å². The van der Waals surface area contributed by atoms with Gasteiger partial charge in [-0.3, -0.25) is 4.79 Å². The quantitative estimate of drug-likeness (QED) is 0.337. The van der Waals surface area contributed by atoms with Gasteiger partial charge < -0.3 is 35.3 Å². The predicted octanol–water partition coefficient (Wildman–Crippen LogP) is -2.79. The van der Waals surface area contributed by atoms with Crippen molar-refractivity contribution in [2.45, 2.75) is 44.4 Å². The maximum absolute atomic E-state index is 12.6. The van der Waals surface area contributed by atoms with E-state index < -0.39 is 42.0 Å². The summed E-state index contributed by atoms with van der Waals surface area (Å²) in [5.41, 5.74) is 0.934. The van der Waals surface area contributed by atoms with Gasteiger partial charge in [0.1, 0.15) is 5.75 Å². The number of nitrogens with one attached hydrogen (secondary N) is 2. The van der Waals surface area contributed by atoms with Crippen LogP contribution in [0.15, 0.2) is 35.5 Å². The molecule has 3 N–H and O–H groups in total. The van der Waals surface area contributed by atoms with Gasteiger partial charge >= 0.3 is 35.6 Å². The van der Waals surface area contributed by atoms with E-state index in [9.17, 15) is 24.6 Å². The molecule has 1 unspecified atom stereocenters. The third kappa shape index (κ3) is 4.07. The van der Waals surface area contributed by atoms with Gasteiger partial charge in [-0.25, -0.2) is 4.79 Å². The number of carboxylic acid groups (broad SMARTS) is 1. The van der Waals surface area contributed by atoms with Crippen LogP contribution < -0.4 is 50.0 Å². The minimum Gasteiger partial charge on any atom is -0.543 e. The van der Waals surface area contributed by atoms with Gasteiger partial charge in [-0.05, 0) is 49.6 Å². The van der Waals surface area contributed by atoms with Crippen LogP contribution >= 0.6 is 0 Å². The molecule has 10 heteroatoms. The standard InChI is InChI=1S/C21H25N3O6.Na/c1-10(25)15-17-13-4-3-5-14(16(13)18(20(27)28)24(17)19(15)26)23-21(29)22-11-6-8-12(30-2)9-7-11;/h6-10,13-15,17,25H,3-5H2,1-2H3,(H,27,28)(H2,22,23,29);/q;+1/p-1/t10?,13-,14-,15+,17+;/m0./s1. The average molecular weight is 437 g/mol. The van der Waals surface area contributed by atoms with Gasteiger partial charge in [-0.15, -0.1) is 0 Å². The number of nitrogens with zero attached hydrogens (tertiary/aromatic N) is 1. The van der Waals surface area contributed by atoms with Crippen LogP contribution in [0.1, 0.15) is 26.2 Å². The smallest absolute Gasteiger partial charge is 0.543 e. The fourth-order valence-electron chi connectivity index (χ4n) is 5.02. The normalized spacial score (nSPS) is 27.3. The molecule has 1 saturated heterocycles. The molecular weight excluding hydrogens is 413 g/mol. The first-order chi connectivity index (χ1) is 14.3. The minimum atomic E-state index is -1.43. The maximum Gasteiger partial charge on any atom is 1.00 e. The molecular formula is C21H24N3NaO6. The molecule has 1 saturated carbocycles. The second-order valence-electron chi connectivity index (χ2n) is 7.97. The van der Waals surface area contributed by atoms with Crippen molar-refractivity contribution < 1.29 is 58.9 Å². The van der Waals surface area contributed by atoms with Crippen LogP contribution in [-0.4, -0.2) is 53.2 Å². The largest absolute Gasteiger partial charge is 1.00 e. The molecule has 0 bridgehead atoms. The molecule has 0 aromatic heterocycles. The molecule has 2 heterocycles. The van der Waals surface area contributed by atoms with Gasteiger partial charge in [0.25, 0.3) is 0 Å². The number of aliphatic hydroxyl groups excluding tert-OH is 1. The zero-order valence-corrected chi connectivity index (χ0v) is 19.8. The van der Waals surface area contributed by atoms with E-state index in [4.69, 9.17) is 4.74 Å². The molecule has 2 aliphatic heterocycles. The Hall–Kier alpha value is -2.07. The van der Waals surface area contributed by atoms with Gasteiger partial charge in [-0.1, -0.05) is 6.42 Å². The number of urea groups is 1. The number of anilines is 1. The van der Waals surface area contributed by atoms with Crippen molar-refractivity contribution in [3.63, 3.8) is 0 Å². The number of aliphatic carboxylic acids is 1. The van der Waals surface area contributed by atoms with Crippen molar-refractivity contribution >= 4 is 23.6 Å². The predicted molar refractivity (Wildman–Crippen MR) is 104 cm³/mol. The fourth-order valence-corrected chi connectivity index (χ4v) is 5.02. The van der Waals surface area contributed by atoms with Crippen molar-refractivity contribution in [3.8, 4) is 5.75 Å². The fraction of sp³-hybridized carbons (Fsp3) is 0.476. The van der Waals surface area contributed by atoms with E-state index in [2.05, 4.69) is 10.6 Å². The average Bonchev–Trinajstić information content (AvgIpc) is 3.00. The number of methoxy groups -OCH3 is 1. The zero-order valence-electron chi connectivity index (χ0n) is 17.8. The second kappa shape index (κ2) is 9.20. The van der Waals surface area contributed by atoms with E-state index in [1.54, 1.807) is 31.4 Å². The molecule has 9 nitrogen and oxygen atoms in total. The van der Waals surface area contributed by atoms with Crippen molar-refractivity contribution in [3.05, 3.63) is 35.5 Å². The molecule has 1 aliphatic carbocycles. The van der Waals surface area contributed by atoms with Gasteiger partial charge in [0, 0.05) is 11.6 Å². The molecule has 2 fully saturated rings. The summed E-state index contributed by atoms with van der Waals surface area (Å²) >= 11 is 0. The Morgan fingerprint density at radius 2 is 1.94 bits per heavy atom. The summed E-state index contributed by atoms with van der Waals surface area (Å²) in [6, 6.07) is 5.43. The number of rotatable bonds is 5. The van der Waals surface area contributed by atoms with Gasteiger partial charge in [0.05, 0.1) is 42.9 Å².